The van der Waals surface area contributed by atoms with Gasteiger partial charge < -0.3 is 4.74 Å². The summed E-state index contributed by atoms with van der Waals surface area (Å²) < 4.78 is 19.1. The predicted octanol–water partition coefficient (Wildman–Crippen LogP) is 5.55. The van der Waals surface area contributed by atoms with Gasteiger partial charge in [0, 0.05) is 21.4 Å². The Morgan fingerprint density at radius 2 is 2.16 bits per heavy atom. The fourth-order valence-electron chi connectivity index (χ4n) is 1.79. The minimum Gasteiger partial charge on any atom is -0.496 e. The number of hydrogen-bond acceptors (Lipinski definition) is 2. The standard InChI is InChI=1S/C14H13BrClFOS/c1-3-8-4-5-13(19-8)14(16)9-6-10(15)11(17)7-12(9)18-2/h4-7,14H,3H2,1-2H3. The van der Waals surface area contributed by atoms with Crippen LogP contribution in [0.25, 0.3) is 0 Å². The molecule has 0 spiro atoms. The molecule has 1 heterocycles. The molecule has 5 heteroatoms. The molecule has 0 aliphatic carbocycles. The number of halogens is 3. The van der Waals surface area contributed by atoms with Crippen LogP contribution in [0.15, 0.2) is 28.7 Å². The molecule has 1 nitrogen and oxygen atoms in total. The second-order valence-electron chi connectivity index (χ2n) is 4.03. The molecule has 0 saturated carbocycles. The molecule has 0 bridgehead atoms. The van der Waals surface area contributed by atoms with Gasteiger partial charge in [-0.25, -0.2) is 4.39 Å². The molecular formula is C14H13BrClFOS. The van der Waals surface area contributed by atoms with Gasteiger partial charge in [0.05, 0.1) is 17.0 Å². The zero-order valence-electron chi connectivity index (χ0n) is 10.5. The third-order valence-corrected chi connectivity index (χ3v) is 5.33. The lowest BCUT2D eigenvalue weighted by Gasteiger charge is -2.13. The average Bonchev–Trinajstić information content (AvgIpc) is 2.89. The number of benzene rings is 1. The highest BCUT2D eigenvalue weighted by molar-refractivity contribution is 9.10. The lowest BCUT2D eigenvalue weighted by molar-refractivity contribution is 0.406. The van der Waals surface area contributed by atoms with Gasteiger partial charge in [-0.3, -0.25) is 0 Å². The Balaban J connectivity index is 2.42. The van der Waals surface area contributed by atoms with E-state index in [0.29, 0.717) is 10.2 Å². The Bertz CT molecular complexity index is 585. The summed E-state index contributed by atoms with van der Waals surface area (Å²) in [6.45, 7) is 2.11. The molecule has 2 rings (SSSR count). The summed E-state index contributed by atoms with van der Waals surface area (Å²) in [6, 6.07) is 7.11. The van der Waals surface area contributed by atoms with Crippen LogP contribution in [0, 0.1) is 5.82 Å². The van der Waals surface area contributed by atoms with E-state index >= 15 is 0 Å². The number of rotatable bonds is 4. The van der Waals surface area contributed by atoms with Crippen LogP contribution in [-0.2, 0) is 6.42 Å². The number of thiophene rings is 1. The van der Waals surface area contributed by atoms with Gasteiger partial charge in [0.2, 0.25) is 0 Å². The van der Waals surface area contributed by atoms with Crippen molar-refractivity contribution in [1.82, 2.24) is 0 Å². The molecule has 0 saturated heterocycles. The molecule has 0 aliphatic heterocycles. The van der Waals surface area contributed by atoms with Crippen LogP contribution in [0.3, 0.4) is 0 Å². The summed E-state index contributed by atoms with van der Waals surface area (Å²) >= 11 is 11.3. The van der Waals surface area contributed by atoms with E-state index in [-0.39, 0.29) is 11.2 Å². The summed E-state index contributed by atoms with van der Waals surface area (Å²) in [6.07, 6.45) is 0.985. The first-order valence-corrected chi connectivity index (χ1v) is 7.87. The summed E-state index contributed by atoms with van der Waals surface area (Å²) in [4.78, 5) is 2.32. The van der Waals surface area contributed by atoms with Gasteiger partial charge in [-0.1, -0.05) is 6.92 Å². The van der Waals surface area contributed by atoms with E-state index in [0.717, 1.165) is 16.9 Å². The van der Waals surface area contributed by atoms with E-state index in [9.17, 15) is 4.39 Å². The van der Waals surface area contributed by atoms with Crippen molar-refractivity contribution >= 4 is 38.9 Å². The van der Waals surface area contributed by atoms with Crippen LogP contribution in [0.5, 0.6) is 5.75 Å². The average molecular weight is 364 g/mol. The molecule has 0 radical (unpaired) electrons. The number of alkyl halides is 1. The topological polar surface area (TPSA) is 9.23 Å². The fourth-order valence-corrected chi connectivity index (χ4v) is 3.48. The lowest BCUT2D eigenvalue weighted by atomic mass is 10.1. The largest absolute Gasteiger partial charge is 0.496 e. The van der Waals surface area contributed by atoms with Gasteiger partial charge in [-0.2, -0.15) is 0 Å². The maximum Gasteiger partial charge on any atom is 0.141 e. The van der Waals surface area contributed by atoms with Crippen molar-refractivity contribution in [2.45, 2.75) is 18.7 Å². The Kier molecular flexibility index (Phi) is 4.87. The third kappa shape index (κ3) is 3.12. The zero-order valence-corrected chi connectivity index (χ0v) is 13.7. The van der Waals surface area contributed by atoms with E-state index in [4.69, 9.17) is 16.3 Å². The van der Waals surface area contributed by atoms with Crippen LogP contribution < -0.4 is 4.74 Å². The van der Waals surface area contributed by atoms with Crippen LogP contribution in [0.2, 0.25) is 0 Å². The molecule has 1 unspecified atom stereocenters. The molecule has 0 amide bonds. The van der Waals surface area contributed by atoms with E-state index < -0.39 is 0 Å². The van der Waals surface area contributed by atoms with Crippen molar-refractivity contribution < 1.29 is 9.13 Å². The summed E-state index contributed by atoms with van der Waals surface area (Å²) in [5.74, 6) is 0.108. The fraction of sp³-hybridized carbons (Fsp3) is 0.286. The highest BCUT2D eigenvalue weighted by Gasteiger charge is 2.19. The number of aryl methyl sites for hydroxylation is 1. The molecule has 19 heavy (non-hydrogen) atoms. The van der Waals surface area contributed by atoms with Crippen LogP contribution in [0.1, 0.15) is 27.6 Å². The number of methoxy groups -OCH3 is 1. The lowest BCUT2D eigenvalue weighted by Crippen LogP contribution is -1.97. The minimum absolute atomic E-state index is 0.336. The summed E-state index contributed by atoms with van der Waals surface area (Å²) in [7, 11) is 1.52. The van der Waals surface area contributed by atoms with E-state index in [1.165, 1.54) is 18.1 Å². The van der Waals surface area contributed by atoms with Crippen molar-refractivity contribution in [2.24, 2.45) is 0 Å². The van der Waals surface area contributed by atoms with Gasteiger partial charge >= 0.3 is 0 Å². The molecule has 1 aromatic carbocycles. The molecule has 1 aromatic heterocycles. The van der Waals surface area contributed by atoms with Gasteiger partial charge in [-0.15, -0.1) is 22.9 Å². The van der Waals surface area contributed by atoms with Crippen LogP contribution in [-0.4, -0.2) is 7.11 Å². The Hall–Kier alpha value is -0.580. The van der Waals surface area contributed by atoms with Crippen molar-refractivity contribution in [2.75, 3.05) is 7.11 Å². The monoisotopic (exact) mass is 362 g/mol. The highest BCUT2D eigenvalue weighted by atomic mass is 79.9. The smallest absolute Gasteiger partial charge is 0.141 e. The zero-order chi connectivity index (χ0) is 14.0. The maximum absolute atomic E-state index is 13.5. The second kappa shape index (κ2) is 6.25. The van der Waals surface area contributed by atoms with Gasteiger partial charge in [0.15, 0.2) is 0 Å². The highest BCUT2D eigenvalue weighted by Crippen LogP contribution is 2.40. The molecule has 0 N–H and O–H groups in total. The first-order valence-electron chi connectivity index (χ1n) is 5.82. The Morgan fingerprint density at radius 3 is 2.74 bits per heavy atom. The van der Waals surface area contributed by atoms with Crippen molar-refractivity contribution in [3.63, 3.8) is 0 Å². The molecule has 0 fully saturated rings. The van der Waals surface area contributed by atoms with Gasteiger partial charge in [-0.05, 0) is 40.5 Å². The first-order chi connectivity index (χ1) is 9.06. The maximum atomic E-state index is 13.5. The third-order valence-electron chi connectivity index (χ3n) is 2.83. The number of ether oxygens (including phenoxy) is 1. The molecule has 102 valence electrons. The molecular weight excluding hydrogens is 351 g/mol. The Labute approximate surface area is 129 Å². The van der Waals surface area contributed by atoms with Crippen LogP contribution in [0.4, 0.5) is 4.39 Å². The summed E-state index contributed by atoms with van der Waals surface area (Å²) in [5, 5.41) is -0.336. The van der Waals surface area contributed by atoms with Gasteiger partial charge in [0.25, 0.3) is 0 Å². The molecule has 2 aromatic rings. The SMILES string of the molecule is CCc1ccc(C(Cl)c2cc(Br)c(F)cc2OC)s1. The molecule has 0 aliphatic rings. The van der Waals surface area contributed by atoms with E-state index in [2.05, 4.69) is 28.9 Å². The summed E-state index contributed by atoms with van der Waals surface area (Å²) in [5.41, 5.74) is 0.766. The van der Waals surface area contributed by atoms with Crippen molar-refractivity contribution in [1.29, 1.82) is 0 Å². The quantitative estimate of drug-likeness (QED) is 0.647. The van der Waals surface area contributed by atoms with E-state index in [1.54, 1.807) is 17.4 Å². The van der Waals surface area contributed by atoms with Crippen molar-refractivity contribution in [3.05, 3.63) is 49.9 Å². The minimum atomic E-state index is -0.357. The first kappa shape index (κ1) is 14.8. The van der Waals surface area contributed by atoms with Gasteiger partial charge in [0.1, 0.15) is 11.6 Å². The predicted molar refractivity (Wildman–Crippen MR) is 82.0 cm³/mol. The van der Waals surface area contributed by atoms with E-state index in [1.807, 2.05) is 6.07 Å². The second-order valence-corrected chi connectivity index (χ2v) is 6.52. The Morgan fingerprint density at radius 1 is 1.42 bits per heavy atom. The number of hydrogen-bond donors (Lipinski definition) is 0. The van der Waals surface area contributed by atoms with Crippen molar-refractivity contribution in [3.8, 4) is 5.75 Å². The molecule has 1 atom stereocenters. The normalized spacial score (nSPS) is 12.5. The van der Waals surface area contributed by atoms with Crippen LogP contribution >= 0.6 is 38.9 Å².